The normalized spacial score (nSPS) is 10.3. The quantitative estimate of drug-likeness (QED) is 0.644. The van der Waals surface area contributed by atoms with Gasteiger partial charge in [-0.05, 0) is 27.7 Å². The van der Waals surface area contributed by atoms with Crippen LogP contribution in [-0.2, 0) is 9.59 Å². The van der Waals surface area contributed by atoms with Crippen LogP contribution in [0, 0.1) is 0 Å². The van der Waals surface area contributed by atoms with Crippen molar-refractivity contribution in [1.82, 2.24) is 15.5 Å². The summed E-state index contributed by atoms with van der Waals surface area (Å²) in [5.74, 6) is -0.0512. The van der Waals surface area contributed by atoms with Crippen LogP contribution in [-0.4, -0.2) is 48.9 Å². The monoisotopic (exact) mass is 229 g/mol. The molecule has 2 amide bonds. The highest BCUT2D eigenvalue weighted by Crippen LogP contribution is 1.87. The summed E-state index contributed by atoms with van der Waals surface area (Å²) < 4.78 is 0. The molecule has 0 atom stereocenters. The number of nitrogens with one attached hydrogen (secondary N) is 2. The molecule has 94 valence electrons. The standard InChI is InChI=1S/C11H23N3O2/c1-5-14(6-2)11(16)8-12-7-10(15)13-9(3)4/h9,12H,5-8H2,1-4H3,(H,13,15). The molecule has 0 saturated heterocycles. The molecule has 2 N–H and O–H groups in total. The lowest BCUT2D eigenvalue weighted by Gasteiger charge is -2.18. The van der Waals surface area contributed by atoms with Gasteiger partial charge in [0.15, 0.2) is 0 Å². The van der Waals surface area contributed by atoms with Gasteiger partial charge in [-0.15, -0.1) is 0 Å². The van der Waals surface area contributed by atoms with Crippen LogP contribution >= 0.6 is 0 Å². The second-order valence-electron chi connectivity index (χ2n) is 3.89. The zero-order chi connectivity index (χ0) is 12.6. The Morgan fingerprint density at radius 2 is 1.69 bits per heavy atom. The van der Waals surface area contributed by atoms with Gasteiger partial charge in [-0.2, -0.15) is 0 Å². The first kappa shape index (κ1) is 14.9. The molecule has 0 aliphatic carbocycles. The number of hydrogen-bond acceptors (Lipinski definition) is 3. The van der Waals surface area contributed by atoms with Crippen LogP contribution in [0.2, 0.25) is 0 Å². The number of rotatable bonds is 7. The number of nitrogens with zero attached hydrogens (tertiary/aromatic N) is 1. The maximum absolute atomic E-state index is 11.5. The number of carbonyl (C=O) groups is 2. The van der Waals surface area contributed by atoms with Gasteiger partial charge >= 0.3 is 0 Å². The zero-order valence-electron chi connectivity index (χ0n) is 10.7. The van der Waals surface area contributed by atoms with Gasteiger partial charge in [0.25, 0.3) is 0 Å². The van der Waals surface area contributed by atoms with Gasteiger partial charge < -0.3 is 10.2 Å². The summed E-state index contributed by atoms with van der Waals surface area (Å²) in [5, 5.41) is 5.58. The Labute approximate surface area is 97.6 Å². The fourth-order valence-corrected chi connectivity index (χ4v) is 1.34. The lowest BCUT2D eigenvalue weighted by molar-refractivity contribution is -0.129. The van der Waals surface area contributed by atoms with Crippen LogP contribution in [0.4, 0.5) is 0 Å². The summed E-state index contributed by atoms with van der Waals surface area (Å²) in [5.41, 5.74) is 0. The minimum Gasteiger partial charge on any atom is -0.353 e. The van der Waals surface area contributed by atoms with E-state index in [2.05, 4.69) is 10.6 Å². The smallest absolute Gasteiger partial charge is 0.236 e. The number of hydrogen-bond donors (Lipinski definition) is 2. The van der Waals surface area contributed by atoms with Crippen molar-refractivity contribution in [2.24, 2.45) is 0 Å². The van der Waals surface area contributed by atoms with E-state index in [9.17, 15) is 9.59 Å². The Morgan fingerprint density at radius 3 is 2.12 bits per heavy atom. The maximum atomic E-state index is 11.5. The Kier molecular flexibility index (Phi) is 7.54. The highest BCUT2D eigenvalue weighted by Gasteiger charge is 2.09. The van der Waals surface area contributed by atoms with E-state index in [1.54, 1.807) is 4.90 Å². The Bertz CT molecular complexity index is 225. The molecule has 0 bridgehead atoms. The molecule has 0 rings (SSSR count). The van der Waals surface area contributed by atoms with Gasteiger partial charge in [0, 0.05) is 19.1 Å². The van der Waals surface area contributed by atoms with E-state index in [0.29, 0.717) is 13.1 Å². The van der Waals surface area contributed by atoms with Gasteiger partial charge in [-0.1, -0.05) is 0 Å². The molecular weight excluding hydrogens is 206 g/mol. The van der Waals surface area contributed by atoms with E-state index in [1.807, 2.05) is 27.7 Å². The van der Waals surface area contributed by atoms with Crippen molar-refractivity contribution in [2.75, 3.05) is 26.2 Å². The highest BCUT2D eigenvalue weighted by atomic mass is 16.2. The van der Waals surface area contributed by atoms with E-state index in [-0.39, 0.29) is 30.9 Å². The van der Waals surface area contributed by atoms with E-state index < -0.39 is 0 Å². The van der Waals surface area contributed by atoms with Gasteiger partial charge in [-0.25, -0.2) is 0 Å². The predicted octanol–water partition coefficient (Wildman–Crippen LogP) is -0.0310. The highest BCUT2D eigenvalue weighted by molar-refractivity contribution is 5.81. The fourth-order valence-electron chi connectivity index (χ4n) is 1.34. The summed E-state index contributed by atoms with van der Waals surface area (Å²) in [6, 6.07) is 0.132. The number of carbonyl (C=O) groups excluding carboxylic acids is 2. The zero-order valence-corrected chi connectivity index (χ0v) is 10.7. The first-order valence-corrected chi connectivity index (χ1v) is 5.79. The first-order valence-electron chi connectivity index (χ1n) is 5.79. The van der Waals surface area contributed by atoms with E-state index in [4.69, 9.17) is 0 Å². The Morgan fingerprint density at radius 1 is 1.12 bits per heavy atom. The molecule has 0 aliphatic rings. The van der Waals surface area contributed by atoms with Crippen molar-refractivity contribution in [3.63, 3.8) is 0 Å². The fraction of sp³-hybridized carbons (Fsp3) is 0.818. The molecule has 5 nitrogen and oxygen atoms in total. The summed E-state index contributed by atoms with van der Waals surface area (Å²) in [6.45, 7) is 9.49. The maximum Gasteiger partial charge on any atom is 0.236 e. The molecule has 0 radical (unpaired) electrons. The van der Waals surface area contributed by atoms with Gasteiger partial charge in [-0.3, -0.25) is 14.9 Å². The molecule has 0 saturated carbocycles. The summed E-state index contributed by atoms with van der Waals surface area (Å²) in [7, 11) is 0. The summed E-state index contributed by atoms with van der Waals surface area (Å²) >= 11 is 0. The molecule has 16 heavy (non-hydrogen) atoms. The van der Waals surface area contributed by atoms with Crippen molar-refractivity contribution in [1.29, 1.82) is 0 Å². The Hall–Kier alpha value is -1.10. The number of amides is 2. The van der Waals surface area contributed by atoms with Crippen molar-refractivity contribution in [3.8, 4) is 0 Å². The van der Waals surface area contributed by atoms with Crippen molar-refractivity contribution >= 4 is 11.8 Å². The van der Waals surface area contributed by atoms with E-state index in [0.717, 1.165) is 0 Å². The van der Waals surface area contributed by atoms with Gasteiger partial charge in [0.2, 0.25) is 11.8 Å². The molecule has 5 heteroatoms. The van der Waals surface area contributed by atoms with E-state index in [1.165, 1.54) is 0 Å². The molecule has 0 spiro atoms. The number of likely N-dealkylation sites (N-methyl/N-ethyl adjacent to an activating group) is 1. The predicted molar refractivity (Wildman–Crippen MR) is 64.1 cm³/mol. The Balaban J connectivity index is 3.73. The van der Waals surface area contributed by atoms with Crippen molar-refractivity contribution in [3.05, 3.63) is 0 Å². The average molecular weight is 229 g/mol. The molecule has 0 aromatic heterocycles. The van der Waals surface area contributed by atoms with Crippen molar-refractivity contribution < 1.29 is 9.59 Å². The molecule has 0 unspecified atom stereocenters. The third-order valence-corrected chi connectivity index (χ3v) is 2.13. The third kappa shape index (κ3) is 6.40. The molecule has 0 aromatic rings. The summed E-state index contributed by atoms with van der Waals surface area (Å²) in [6.07, 6.45) is 0. The molecular formula is C11H23N3O2. The van der Waals surface area contributed by atoms with Crippen molar-refractivity contribution in [2.45, 2.75) is 33.7 Å². The second-order valence-corrected chi connectivity index (χ2v) is 3.89. The minimum atomic E-state index is -0.0812. The van der Waals surface area contributed by atoms with Crippen LogP contribution in [0.1, 0.15) is 27.7 Å². The van der Waals surface area contributed by atoms with Gasteiger partial charge in [0.1, 0.15) is 0 Å². The summed E-state index contributed by atoms with van der Waals surface area (Å²) in [4.78, 5) is 24.5. The largest absolute Gasteiger partial charge is 0.353 e. The minimum absolute atomic E-state index is 0.0300. The lowest BCUT2D eigenvalue weighted by atomic mass is 10.4. The van der Waals surface area contributed by atoms with Crippen LogP contribution < -0.4 is 10.6 Å². The van der Waals surface area contributed by atoms with E-state index >= 15 is 0 Å². The van der Waals surface area contributed by atoms with Crippen LogP contribution in [0.3, 0.4) is 0 Å². The molecule has 0 aliphatic heterocycles. The lowest BCUT2D eigenvalue weighted by Crippen LogP contribution is -2.42. The third-order valence-electron chi connectivity index (χ3n) is 2.13. The van der Waals surface area contributed by atoms with Crippen LogP contribution in [0.5, 0.6) is 0 Å². The van der Waals surface area contributed by atoms with Gasteiger partial charge in [0.05, 0.1) is 13.1 Å². The topological polar surface area (TPSA) is 61.4 Å². The SMILES string of the molecule is CCN(CC)C(=O)CNCC(=O)NC(C)C. The van der Waals surface area contributed by atoms with Crippen LogP contribution in [0.15, 0.2) is 0 Å². The van der Waals surface area contributed by atoms with Crippen LogP contribution in [0.25, 0.3) is 0 Å². The molecule has 0 heterocycles. The average Bonchev–Trinajstić information content (AvgIpc) is 2.18. The molecule has 0 aromatic carbocycles. The molecule has 0 fully saturated rings. The first-order chi connectivity index (χ1) is 7.51. The second kappa shape index (κ2) is 8.10.